The van der Waals surface area contributed by atoms with E-state index in [9.17, 15) is 9.18 Å². The first-order valence-electron chi connectivity index (χ1n) is 7.46. The molecule has 0 aliphatic carbocycles. The fourth-order valence-electron chi connectivity index (χ4n) is 2.43. The molecule has 1 heterocycles. The second kappa shape index (κ2) is 6.96. The van der Waals surface area contributed by atoms with E-state index >= 15 is 0 Å². The highest BCUT2D eigenvalue weighted by atomic mass is 19.1. The number of urea groups is 1. The average Bonchev–Trinajstić information content (AvgIpc) is 2.52. The van der Waals surface area contributed by atoms with Gasteiger partial charge in [0.05, 0.1) is 25.9 Å². The van der Waals surface area contributed by atoms with E-state index in [0.29, 0.717) is 25.3 Å². The van der Waals surface area contributed by atoms with Gasteiger partial charge in [-0.15, -0.1) is 0 Å². The van der Waals surface area contributed by atoms with Crippen LogP contribution in [0.4, 0.5) is 9.18 Å². The van der Waals surface area contributed by atoms with Crippen molar-refractivity contribution < 1.29 is 18.7 Å². The van der Waals surface area contributed by atoms with Crippen molar-refractivity contribution in [3.63, 3.8) is 0 Å². The third-order valence-electron chi connectivity index (χ3n) is 4.03. The largest absolute Gasteiger partial charge is 0.494 e. The van der Waals surface area contributed by atoms with E-state index < -0.39 is 5.82 Å². The number of halogens is 1. The van der Waals surface area contributed by atoms with Crippen molar-refractivity contribution in [2.45, 2.75) is 32.4 Å². The average molecular weight is 310 g/mol. The van der Waals surface area contributed by atoms with Crippen molar-refractivity contribution in [1.82, 2.24) is 10.2 Å². The second-order valence-corrected chi connectivity index (χ2v) is 5.70. The Balaban J connectivity index is 1.91. The molecule has 1 aliphatic rings. The van der Waals surface area contributed by atoms with Crippen LogP contribution in [0.5, 0.6) is 5.75 Å². The van der Waals surface area contributed by atoms with E-state index in [4.69, 9.17) is 9.47 Å². The predicted octanol–water partition coefficient (Wildman–Crippen LogP) is 2.54. The van der Waals surface area contributed by atoms with Crippen LogP contribution in [0.3, 0.4) is 0 Å². The summed E-state index contributed by atoms with van der Waals surface area (Å²) in [5.74, 6) is -0.235. The zero-order valence-corrected chi connectivity index (χ0v) is 13.3. The van der Waals surface area contributed by atoms with Crippen molar-refractivity contribution in [2.24, 2.45) is 0 Å². The predicted molar refractivity (Wildman–Crippen MR) is 81.4 cm³/mol. The number of amides is 2. The molecule has 1 N–H and O–H groups in total. The lowest BCUT2D eigenvalue weighted by Crippen LogP contribution is -2.54. The van der Waals surface area contributed by atoms with Crippen LogP contribution in [0.1, 0.15) is 25.8 Å². The molecule has 0 radical (unpaired) electrons. The molecule has 1 aromatic carbocycles. The highest BCUT2D eigenvalue weighted by Crippen LogP contribution is 2.21. The molecule has 1 aromatic rings. The Morgan fingerprint density at radius 3 is 2.95 bits per heavy atom. The first-order chi connectivity index (χ1) is 10.5. The molecule has 1 aliphatic heterocycles. The number of methoxy groups -OCH3 is 1. The van der Waals surface area contributed by atoms with Crippen molar-refractivity contribution in [3.05, 3.63) is 29.6 Å². The molecular weight excluding hydrogens is 287 g/mol. The molecule has 2 amide bonds. The van der Waals surface area contributed by atoms with E-state index in [1.807, 2.05) is 13.8 Å². The minimum absolute atomic E-state index is 0.154. The number of morpholine rings is 1. The highest BCUT2D eigenvalue weighted by molar-refractivity contribution is 5.74. The van der Waals surface area contributed by atoms with Gasteiger partial charge in [0.25, 0.3) is 0 Å². The molecule has 0 spiro atoms. The van der Waals surface area contributed by atoms with Gasteiger partial charge in [-0.25, -0.2) is 9.18 Å². The van der Waals surface area contributed by atoms with Crippen molar-refractivity contribution in [3.8, 4) is 5.75 Å². The van der Waals surface area contributed by atoms with Crippen molar-refractivity contribution in [1.29, 1.82) is 0 Å². The van der Waals surface area contributed by atoms with Gasteiger partial charge in [0.15, 0.2) is 11.6 Å². The maximum atomic E-state index is 13.6. The number of nitrogens with zero attached hydrogens (tertiary/aromatic N) is 1. The Morgan fingerprint density at radius 1 is 1.55 bits per heavy atom. The van der Waals surface area contributed by atoms with Crippen molar-refractivity contribution in [2.75, 3.05) is 26.8 Å². The number of carbonyl (C=O) groups is 1. The summed E-state index contributed by atoms with van der Waals surface area (Å²) in [7, 11) is 1.42. The van der Waals surface area contributed by atoms with E-state index in [0.717, 1.165) is 6.42 Å². The molecule has 5 nitrogen and oxygen atoms in total. The Morgan fingerprint density at radius 2 is 2.32 bits per heavy atom. The number of rotatable bonds is 4. The number of hydrogen-bond donors (Lipinski definition) is 1. The van der Waals surface area contributed by atoms with Crippen LogP contribution in [0, 0.1) is 5.82 Å². The first kappa shape index (κ1) is 16.5. The summed E-state index contributed by atoms with van der Waals surface area (Å²) in [5.41, 5.74) is 0.403. The molecule has 0 aromatic heterocycles. The standard InChI is InChI=1S/C16H23FN2O3/c1-4-16(2)11-19(7-8-22-16)15(20)18-10-12-5-6-14(21-3)13(17)9-12/h5-6,9H,4,7-8,10-11H2,1-3H3,(H,18,20). The zero-order valence-electron chi connectivity index (χ0n) is 13.3. The summed E-state index contributed by atoms with van der Waals surface area (Å²) >= 11 is 0. The molecule has 122 valence electrons. The summed E-state index contributed by atoms with van der Waals surface area (Å²) in [5, 5.41) is 2.82. The van der Waals surface area contributed by atoms with Crippen LogP contribution in [0.15, 0.2) is 18.2 Å². The second-order valence-electron chi connectivity index (χ2n) is 5.70. The van der Waals surface area contributed by atoms with Crippen LogP contribution in [-0.2, 0) is 11.3 Å². The molecule has 6 heteroatoms. The first-order valence-corrected chi connectivity index (χ1v) is 7.46. The highest BCUT2D eigenvalue weighted by Gasteiger charge is 2.32. The molecule has 2 rings (SSSR count). The quantitative estimate of drug-likeness (QED) is 0.930. The van der Waals surface area contributed by atoms with Crippen LogP contribution in [0.25, 0.3) is 0 Å². The van der Waals surface area contributed by atoms with Crippen LogP contribution in [-0.4, -0.2) is 43.3 Å². The Kier molecular flexibility index (Phi) is 5.24. The third kappa shape index (κ3) is 3.88. The lowest BCUT2D eigenvalue weighted by Gasteiger charge is -2.39. The minimum atomic E-state index is -0.431. The van der Waals surface area contributed by atoms with E-state index in [1.54, 1.807) is 17.0 Å². The van der Waals surface area contributed by atoms with E-state index in [2.05, 4.69) is 5.32 Å². The molecule has 1 atom stereocenters. The van der Waals surface area contributed by atoms with Gasteiger partial charge in [-0.05, 0) is 31.0 Å². The summed E-state index contributed by atoms with van der Waals surface area (Å²) in [4.78, 5) is 14.0. The summed E-state index contributed by atoms with van der Waals surface area (Å²) in [6, 6.07) is 4.51. The maximum Gasteiger partial charge on any atom is 0.317 e. The molecule has 0 saturated carbocycles. The fraction of sp³-hybridized carbons (Fsp3) is 0.562. The van der Waals surface area contributed by atoms with E-state index in [1.165, 1.54) is 13.2 Å². The molecule has 1 fully saturated rings. The smallest absolute Gasteiger partial charge is 0.317 e. The van der Waals surface area contributed by atoms with Gasteiger partial charge in [0, 0.05) is 13.1 Å². The monoisotopic (exact) mass is 310 g/mol. The van der Waals surface area contributed by atoms with Gasteiger partial charge in [-0.1, -0.05) is 13.0 Å². The number of benzene rings is 1. The third-order valence-corrected chi connectivity index (χ3v) is 4.03. The minimum Gasteiger partial charge on any atom is -0.494 e. The van der Waals surface area contributed by atoms with Gasteiger partial charge in [-0.2, -0.15) is 0 Å². The molecular formula is C16H23FN2O3. The molecule has 0 bridgehead atoms. The van der Waals surface area contributed by atoms with Gasteiger partial charge >= 0.3 is 6.03 Å². The topological polar surface area (TPSA) is 50.8 Å². The molecule has 1 saturated heterocycles. The summed E-state index contributed by atoms with van der Waals surface area (Å²) in [6.07, 6.45) is 0.848. The maximum absolute atomic E-state index is 13.6. The summed E-state index contributed by atoms with van der Waals surface area (Å²) in [6.45, 7) is 5.99. The normalized spacial score (nSPS) is 21.5. The molecule has 1 unspecified atom stereocenters. The fourth-order valence-corrected chi connectivity index (χ4v) is 2.43. The van der Waals surface area contributed by atoms with Crippen molar-refractivity contribution >= 4 is 6.03 Å². The van der Waals surface area contributed by atoms with Gasteiger partial charge in [0.2, 0.25) is 0 Å². The Hall–Kier alpha value is -1.82. The van der Waals surface area contributed by atoms with E-state index in [-0.39, 0.29) is 23.9 Å². The lowest BCUT2D eigenvalue weighted by atomic mass is 10.0. The van der Waals surface area contributed by atoms with Gasteiger partial charge < -0.3 is 19.7 Å². The summed E-state index contributed by atoms with van der Waals surface area (Å²) < 4.78 is 24.2. The number of nitrogens with one attached hydrogen (secondary N) is 1. The van der Waals surface area contributed by atoms with Gasteiger partial charge in [0.1, 0.15) is 0 Å². The Bertz CT molecular complexity index is 538. The number of ether oxygens (including phenoxy) is 2. The number of carbonyl (C=O) groups excluding carboxylic acids is 1. The molecule has 22 heavy (non-hydrogen) atoms. The van der Waals surface area contributed by atoms with Gasteiger partial charge in [-0.3, -0.25) is 0 Å². The van der Waals surface area contributed by atoms with Crippen LogP contribution < -0.4 is 10.1 Å². The SMILES string of the molecule is CCC1(C)CN(C(=O)NCc2ccc(OC)c(F)c2)CCO1. The Labute approximate surface area is 130 Å². The van der Waals surface area contributed by atoms with Crippen LogP contribution in [0.2, 0.25) is 0 Å². The van der Waals surface area contributed by atoms with Crippen LogP contribution >= 0.6 is 0 Å². The zero-order chi connectivity index (χ0) is 16.2. The lowest BCUT2D eigenvalue weighted by molar-refractivity contribution is -0.0872. The number of hydrogen-bond acceptors (Lipinski definition) is 3.